The highest BCUT2D eigenvalue weighted by molar-refractivity contribution is 9.10. The largest absolute Gasteiger partial charge is 0.389 e. The van der Waals surface area contributed by atoms with Gasteiger partial charge in [0.05, 0.1) is 6.10 Å². The van der Waals surface area contributed by atoms with Crippen molar-refractivity contribution in [3.8, 4) is 0 Å². The zero-order valence-electron chi connectivity index (χ0n) is 11.1. The summed E-state index contributed by atoms with van der Waals surface area (Å²) in [4.78, 5) is 2.42. The molecule has 18 heavy (non-hydrogen) atoms. The Morgan fingerprint density at radius 3 is 2.72 bits per heavy atom. The monoisotopic (exact) mass is 329 g/mol. The van der Waals surface area contributed by atoms with Gasteiger partial charge in [-0.1, -0.05) is 22.0 Å². The Bertz CT molecular complexity index is 434. The Morgan fingerprint density at radius 2 is 2.17 bits per heavy atom. The van der Waals surface area contributed by atoms with E-state index in [-0.39, 0.29) is 0 Å². The first-order valence-electron chi connectivity index (χ1n) is 6.25. The first-order chi connectivity index (χ1) is 8.39. The van der Waals surface area contributed by atoms with E-state index >= 15 is 0 Å². The molecule has 1 atom stereocenters. The minimum Gasteiger partial charge on any atom is -0.389 e. The van der Waals surface area contributed by atoms with Crippen LogP contribution in [0.15, 0.2) is 22.7 Å². The lowest BCUT2D eigenvalue weighted by molar-refractivity contribution is 0.198. The normalized spacial score (nSPS) is 20.8. The maximum Gasteiger partial charge on any atom is 0.0772 e. The maximum atomic E-state index is 9.64. The van der Waals surface area contributed by atoms with Gasteiger partial charge in [0.25, 0.3) is 0 Å². The third kappa shape index (κ3) is 3.22. The summed E-state index contributed by atoms with van der Waals surface area (Å²) in [7, 11) is 0. The predicted molar refractivity (Wildman–Crippen MR) is 83.5 cm³/mol. The third-order valence-corrected chi connectivity index (χ3v) is 5.21. The van der Waals surface area contributed by atoms with Crippen LogP contribution >= 0.6 is 27.7 Å². The van der Waals surface area contributed by atoms with Gasteiger partial charge in [0.15, 0.2) is 0 Å². The van der Waals surface area contributed by atoms with Crippen molar-refractivity contribution in [3.63, 3.8) is 0 Å². The van der Waals surface area contributed by atoms with Crippen molar-refractivity contribution in [2.24, 2.45) is 0 Å². The fourth-order valence-electron chi connectivity index (χ4n) is 2.29. The summed E-state index contributed by atoms with van der Waals surface area (Å²) in [5, 5.41) is 9.64. The molecule has 2 rings (SSSR count). The molecule has 1 N–H and O–H groups in total. The maximum absolute atomic E-state index is 9.64. The highest BCUT2D eigenvalue weighted by Crippen LogP contribution is 2.34. The van der Waals surface area contributed by atoms with E-state index in [1.807, 2.05) is 17.8 Å². The molecule has 100 valence electrons. The first-order valence-corrected chi connectivity index (χ1v) is 8.03. The number of benzene rings is 1. The average Bonchev–Trinajstić information content (AvgIpc) is 2.27. The number of thioether (sulfide) groups is 1. The molecule has 1 aliphatic rings. The highest BCUT2D eigenvalue weighted by Gasteiger charge is 2.27. The SMILES string of the molecule is CC(O)c1ccc(N2CCSC(C)(C)C2)cc1Br. The molecule has 1 saturated heterocycles. The van der Waals surface area contributed by atoms with Gasteiger partial charge in [-0.3, -0.25) is 0 Å². The lowest BCUT2D eigenvalue weighted by Crippen LogP contribution is -2.43. The van der Waals surface area contributed by atoms with Crippen LogP contribution in [0.5, 0.6) is 0 Å². The second kappa shape index (κ2) is 5.43. The Hall–Kier alpha value is -0.190. The van der Waals surface area contributed by atoms with E-state index in [2.05, 4.69) is 46.8 Å². The molecule has 0 saturated carbocycles. The number of anilines is 1. The number of hydrogen-bond donors (Lipinski definition) is 1. The summed E-state index contributed by atoms with van der Waals surface area (Å²) in [6, 6.07) is 6.24. The van der Waals surface area contributed by atoms with E-state index in [1.54, 1.807) is 6.92 Å². The lowest BCUT2D eigenvalue weighted by atomic mass is 10.1. The summed E-state index contributed by atoms with van der Waals surface area (Å²) < 4.78 is 1.30. The third-order valence-electron chi connectivity index (χ3n) is 3.22. The number of rotatable bonds is 2. The summed E-state index contributed by atoms with van der Waals surface area (Å²) in [6.45, 7) is 8.54. The Morgan fingerprint density at radius 1 is 1.44 bits per heavy atom. The van der Waals surface area contributed by atoms with E-state index in [0.717, 1.165) is 23.1 Å². The second-order valence-corrected chi connectivity index (χ2v) is 8.07. The van der Waals surface area contributed by atoms with Crippen LogP contribution < -0.4 is 4.90 Å². The number of hydrogen-bond acceptors (Lipinski definition) is 3. The van der Waals surface area contributed by atoms with Crippen molar-refractivity contribution in [1.82, 2.24) is 0 Å². The standard InChI is InChI=1S/C14H20BrNOS/c1-10(17)12-5-4-11(8-13(12)15)16-6-7-18-14(2,3)9-16/h4-5,8,10,17H,6-7,9H2,1-3H3. The Labute approximate surface area is 122 Å². The summed E-state index contributed by atoms with van der Waals surface area (Å²) in [6.07, 6.45) is -0.429. The van der Waals surface area contributed by atoms with Gasteiger partial charge in [-0.25, -0.2) is 0 Å². The van der Waals surface area contributed by atoms with Crippen LogP contribution in [0.2, 0.25) is 0 Å². The van der Waals surface area contributed by atoms with Crippen LogP contribution in [0, 0.1) is 0 Å². The van der Waals surface area contributed by atoms with E-state index in [1.165, 1.54) is 11.4 Å². The first kappa shape index (κ1) is 14.2. The zero-order valence-corrected chi connectivity index (χ0v) is 13.5. The van der Waals surface area contributed by atoms with E-state index in [4.69, 9.17) is 0 Å². The molecule has 4 heteroatoms. The predicted octanol–water partition coefficient (Wildman–Crippen LogP) is 3.83. The number of aliphatic hydroxyl groups excluding tert-OH is 1. The molecule has 0 amide bonds. The Balaban J connectivity index is 2.21. The summed E-state index contributed by atoms with van der Waals surface area (Å²) in [5.74, 6) is 1.17. The molecular weight excluding hydrogens is 310 g/mol. The molecule has 1 aromatic carbocycles. The van der Waals surface area contributed by atoms with Gasteiger partial charge in [-0.05, 0) is 38.5 Å². The van der Waals surface area contributed by atoms with Gasteiger partial charge in [0.1, 0.15) is 0 Å². The van der Waals surface area contributed by atoms with Crippen molar-refractivity contribution < 1.29 is 5.11 Å². The molecule has 1 heterocycles. The van der Waals surface area contributed by atoms with E-state index in [9.17, 15) is 5.11 Å². The number of aliphatic hydroxyl groups is 1. The molecule has 0 spiro atoms. The average molecular weight is 330 g/mol. The van der Waals surface area contributed by atoms with Gasteiger partial charge in [-0.15, -0.1) is 0 Å². The topological polar surface area (TPSA) is 23.5 Å². The van der Waals surface area contributed by atoms with Crippen LogP contribution in [0.25, 0.3) is 0 Å². The zero-order chi connectivity index (χ0) is 13.3. The van der Waals surface area contributed by atoms with E-state index < -0.39 is 6.10 Å². The molecule has 1 aliphatic heterocycles. The summed E-state index contributed by atoms with van der Waals surface area (Å²) in [5.41, 5.74) is 2.18. The molecule has 0 bridgehead atoms. The molecule has 1 aromatic rings. The van der Waals surface area contributed by atoms with Crippen molar-refractivity contribution in [2.45, 2.75) is 31.6 Å². The fourth-order valence-corrected chi connectivity index (χ4v) is 4.10. The van der Waals surface area contributed by atoms with Crippen molar-refractivity contribution >= 4 is 33.4 Å². The second-order valence-electron chi connectivity index (χ2n) is 5.41. The van der Waals surface area contributed by atoms with Crippen LogP contribution in [0.4, 0.5) is 5.69 Å². The Kier molecular flexibility index (Phi) is 4.29. The fraction of sp³-hybridized carbons (Fsp3) is 0.571. The molecular formula is C14H20BrNOS. The van der Waals surface area contributed by atoms with Crippen LogP contribution in [0.1, 0.15) is 32.4 Å². The molecule has 1 fully saturated rings. The van der Waals surface area contributed by atoms with Crippen molar-refractivity contribution in [1.29, 1.82) is 0 Å². The van der Waals surface area contributed by atoms with Gasteiger partial charge in [0.2, 0.25) is 0 Å². The minimum atomic E-state index is -0.429. The highest BCUT2D eigenvalue weighted by atomic mass is 79.9. The molecule has 2 nitrogen and oxygen atoms in total. The van der Waals surface area contributed by atoms with Gasteiger partial charge < -0.3 is 10.0 Å². The van der Waals surface area contributed by atoms with Crippen LogP contribution in [-0.4, -0.2) is 28.7 Å². The molecule has 0 aliphatic carbocycles. The lowest BCUT2D eigenvalue weighted by Gasteiger charge is -2.39. The van der Waals surface area contributed by atoms with Gasteiger partial charge in [0, 0.05) is 33.7 Å². The van der Waals surface area contributed by atoms with Crippen molar-refractivity contribution in [3.05, 3.63) is 28.2 Å². The summed E-state index contributed by atoms with van der Waals surface area (Å²) >= 11 is 5.59. The smallest absolute Gasteiger partial charge is 0.0772 e. The molecule has 1 unspecified atom stereocenters. The minimum absolute atomic E-state index is 0.313. The molecule has 0 aromatic heterocycles. The van der Waals surface area contributed by atoms with Crippen molar-refractivity contribution in [2.75, 3.05) is 23.7 Å². The number of halogens is 1. The van der Waals surface area contributed by atoms with Gasteiger partial charge >= 0.3 is 0 Å². The van der Waals surface area contributed by atoms with E-state index in [0.29, 0.717) is 4.75 Å². The number of nitrogens with zero attached hydrogens (tertiary/aromatic N) is 1. The van der Waals surface area contributed by atoms with Crippen LogP contribution in [-0.2, 0) is 0 Å². The molecule has 0 radical (unpaired) electrons. The quantitative estimate of drug-likeness (QED) is 0.891. The van der Waals surface area contributed by atoms with Gasteiger partial charge in [-0.2, -0.15) is 11.8 Å². The van der Waals surface area contributed by atoms with Crippen LogP contribution in [0.3, 0.4) is 0 Å².